The highest BCUT2D eigenvalue weighted by Crippen LogP contribution is 2.23. The third kappa shape index (κ3) is 5.39. The van der Waals surface area contributed by atoms with Crippen molar-refractivity contribution in [3.8, 4) is 0 Å². The summed E-state index contributed by atoms with van der Waals surface area (Å²) < 4.78 is 7.67. The summed E-state index contributed by atoms with van der Waals surface area (Å²) in [5, 5.41) is 11.9. The van der Waals surface area contributed by atoms with E-state index in [0.29, 0.717) is 6.54 Å². The van der Waals surface area contributed by atoms with E-state index in [1.807, 2.05) is 12.1 Å². The minimum absolute atomic E-state index is 0.209. The third-order valence-corrected chi connectivity index (χ3v) is 6.22. The fourth-order valence-electron chi connectivity index (χ4n) is 4.59. The molecule has 30 heavy (non-hydrogen) atoms. The van der Waals surface area contributed by atoms with Crippen molar-refractivity contribution in [3.63, 3.8) is 0 Å². The average molecular weight is 412 g/mol. The van der Waals surface area contributed by atoms with Gasteiger partial charge in [-0.1, -0.05) is 24.8 Å². The average Bonchev–Trinajstić information content (AvgIpc) is 3.36. The van der Waals surface area contributed by atoms with Crippen LogP contribution in [-0.2, 0) is 24.2 Å². The summed E-state index contributed by atoms with van der Waals surface area (Å²) in [6.07, 6.45) is 11.2. The van der Waals surface area contributed by atoms with Gasteiger partial charge in [0.15, 0.2) is 0 Å². The number of hydrogen-bond acceptors (Lipinski definition) is 5. The fourth-order valence-corrected chi connectivity index (χ4v) is 4.59. The summed E-state index contributed by atoms with van der Waals surface area (Å²) >= 11 is 0. The Balaban J connectivity index is 1.27. The molecule has 2 aliphatic rings. The van der Waals surface area contributed by atoms with E-state index in [1.54, 1.807) is 6.26 Å². The van der Waals surface area contributed by atoms with Crippen LogP contribution in [-0.4, -0.2) is 51.8 Å². The molecular weight excluding hydrogens is 378 g/mol. The largest absolute Gasteiger partial charge is 0.465 e. The van der Waals surface area contributed by atoms with Crippen LogP contribution in [0.4, 0.5) is 0 Å². The maximum atomic E-state index is 12.4. The number of fused-ring (bicyclic) bond motifs is 1. The maximum Gasteiger partial charge on any atom is 0.223 e. The third-order valence-electron chi connectivity index (χ3n) is 6.22. The number of carbonyl (C=O) groups excluding carboxylic acids is 1. The van der Waals surface area contributed by atoms with Crippen LogP contribution in [0.1, 0.15) is 56.4 Å². The van der Waals surface area contributed by atoms with Crippen LogP contribution < -0.4 is 5.32 Å². The van der Waals surface area contributed by atoms with E-state index in [0.717, 1.165) is 69.3 Å². The molecule has 0 bridgehead atoms. The van der Waals surface area contributed by atoms with Gasteiger partial charge in [0.25, 0.3) is 0 Å². The SMILES string of the molecule is C/C(=C\c1ccco1)CN1CCc2nnc(CCNC(=O)C3CCCCC3)n2CC1. The van der Waals surface area contributed by atoms with Gasteiger partial charge in [0.05, 0.1) is 6.26 Å². The second kappa shape index (κ2) is 10.1. The van der Waals surface area contributed by atoms with E-state index in [-0.39, 0.29) is 11.8 Å². The van der Waals surface area contributed by atoms with E-state index < -0.39 is 0 Å². The van der Waals surface area contributed by atoms with Crippen LogP contribution in [0.25, 0.3) is 6.08 Å². The minimum atomic E-state index is 0.209. The molecule has 0 aromatic carbocycles. The molecule has 2 aromatic rings. The zero-order chi connectivity index (χ0) is 20.8. The Kier molecular flexibility index (Phi) is 7.00. The molecule has 1 N–H and O–H groups in total. The summed E-state index contributed by atoms with van der Waals surface area (Å²) in [7, 11) is 0. The van der Waals surface area contributed by atoms with Gasteiger partial charge in [-0.25, -0.2) is 0 Å². The van der Waals surface area contributed by atoms with Gasteiger partial charge in [0, 0.05) is 51.5 Å². The van der Waals surface area contributed by atoms with Gasteiger partial charge in [-0.2, -0.15) is 0 Å². The Morgan fingerprint density at radius 3 is 2.90 bits per heavy atom. The minimum Gasteiger partial charge on any atom is -0.465 e. The predicted octanol–water partition coefficient (Wildman–Crippen LogP) is 3.07. The van der Waals surface area contributed by atoms with Gasteiger partial charge in [0.2, 0.25) is 5.91 Å². The highest BCUT2D eigenvalue weighted by Gasteiger charge is 2.22. The summed E-state index contributed by atoms with van der Waals surface area (Å²) in [5.41, 5.74) is 1.29. The standard InChI is InChI=1S/C23H33N5O2/c1-18(16-20-8-5-15-30-20)17-27-12-10-22-26-25-21(28(22)14-13-27)9-11-24-23(29)19-6-3-2-4-7-19/h5,8,15-16,19H,2-4,6-7,9-14,17H2,1H3,(H,24,29)/b18-16+. The van der Waals surface area contributed by atoms with E-state index in [1.165, 1.54) is 24.8 Å². The molecule has 7 heteroatoms. The van der Waals surface area contributed by atoms with Crippen molar-refractivity contribution >= 4 is 12.0 Å². The number of aromatic nitrogens is 3. The van der Waals surface area contributed by atoms with Crippen molar-refractivity contribution in [3.05, 3.63) is 41.4 Å². The van der Waals surface area contributed by atoms with Crippen LogP contribution in [0.5, 0.6) is 0 Å². The van der Waals surface area contributed by atoms with Crippen molar-refractivity contribution in [1.29, 1.82) is 0 Å². The predicted molar refractivity (Wildman–Crippen MR) is 116 cm³/mol. The second-order valence-electron chi connectivity index (χ2n) is 8.59. The molecule has 3 heterocycles. The molecule has 162 valence electrons. The van der Waals surface area contributed by atoms with Crippen molar-refractivity contribution < 1.29 is 9.21 Å². The zero-order valence-electron chi connectivity index (χ0n) is 18.0. The smallest absolute Gasteiger partial charge is 0.223 e. The number of carbonyl (C=O) groups is 1. The van der Waals surface area contributed by atoms with Crippen molar-refractivity contribution in [2.75, 3.05) is 26.2 Å². The second-order valence-corrected chi connectivity index (χ2v) is 8.59. The van der Waals surface area contributed by atoms with Gasteiger partial charge < -0.3 is 14.3 Å². The molecule has 1 aliphatic heterocycles. The summed E-state index contributed by atoms with van der Waals surface area (Å²) in [6, 6.07) is 3.89. The van der Waals surface area contributed by atoms with Crippen molar-refractivity contribution in [1.82, 2.24) is 25.0 Å². The Morgan fingerprint density at radius 2 is 2.10 bits per heavy atom. The summed E-state index contributed by atoms with van der Waals surface area (Å²) in [5.74, 6) is 3.37. The molecular formula is C23H33N5O2. The molecule has 7 nitrogen and oxygen atoms in total. The fraction of sp³-hybridized carbons (Fsp3) is 0.609. The first kappa shape index (κ1) is 20.8. The van der Waals surface area contributed by atoms with Crippen LogP contribution in [0.2, 0.25) is 0 Å². The monoisotopic (exact) mass is 411 g/mol. The number of rotatable bonds is 7. The van der Waals surface area contributed by atoms with Crippen LogP contribution in [0.3, 0.4) is 0 Å². The molecule has 1 aliphatic carbocycles. The Morgan fingerprint density at radius 1 is 1.23 bits per heavy atom. The summed E-state index contributed by atoms with van der Waals surface area (Å²) in [4.78, 5) is 14.8. The van der Waals surface area contributed by atoms with Crippen molar-refractivity contribution in [2.45, 2.75) is 58.4 Å². The highest BCUT2D eigenvalue weighted by molar-refractivity contribution is 5.78. The van der Waals surface area contributed by atoms with Crippen LogP contribution >= 0.6 is 0 Å². The van der Waals surface area contributed by atoms with E-state index in [4.69, 9.17) is 4.42 Å². The number of amides is 1. The first-order valence-corrected chi connectivity index (χ1v) is 11.3. The molecule has 4 rings (SSSR count). The summed E-state index contributed by atoms with van der Waals surface area (Å²) in [6.45, 7) is 6.54. The van der Waals surface area contributed by atoms with Gasteiger partial charge in [-0.3, -0.25) is 9.69 Å². The van der Waals surface area contributed by atoms with Gasteiger partial charge in [0.1, 0.15) is 17.4 Å². The Hall–Kier alpha value is -2.41. The first-order valence-electron chi connectivity index (χ1n) is 11.3. The molecule has 2 aromatic heterocycles. The quantitative estimate of drug-likeness (QED) is 0.758. The maximum absolute atomic E-state index is 12.4. The molecule has 1 fully saturated rings. The van der Waals surface area contributed by atoms with Gasteiger partial charge in [-0.15, -0.1) is 10.2 Å². The molecule has 0 unspecified atom stereocenters. The van der Waals surface area contributed by atoms with E-state index >= 15 is 0 Å². The van der Waals surface area contributed by atoms with Crippen molar-refractivity contribution in [2.24, 2.45) is 5.92 Å². The zero-order valence-corrected chi connectivity index (χ0v) is 18.0. The highest BCUT2D eigenvalue weighted by atomic mass is 16.3. The Labute approximate surface area is 178 Å². The van der Waals surface area contributed by atoms with E-state index in [2.05, 4.69) is 38.0 Å². The lowest BCUT2D eigenvalue weighted by molar-refractivity contribution is -0.125. The number of furan rings is 1. The number of nitrogens with one attached hydrogen (secondary N) is 1. The Bertz CT molecular complexity index is 849. The lowest BCUT2D eigenvalue weighted by Crippen LogP contribution is -2.33. The van der Waals surface area contributed by atoms with Gasteiger partial charge in [-0.05, 0) is 38.0 Å². The normalized spacial score (nSPS) is 18.8. The topological polar surface area (TPSA) is 76.2 Å². The molecule has 0 saturated heterocycles. The lowest BCUT2D eigenvalue weighted by Gasteiger charge is -2.21. The molecule has 1 saturated carbocycles. The number of nitrogens with zero attached hydrogens (tertiary/aromatic N) is 4. The van der Waals surface area contributed by atoms with Gasteiger partial charge >= 0.3 is 0 Å². The number of hydrogen-bond donors (Lipinski definition) is 1. The van der Waals surface area contributed by atoms with E-state index in [9.17, 15) is 4.79 Å². The molecule has 0 atom stereocenters. The molecule has 0 spiro atoms. The molecule has 0 radical (unpaired) electrons. The van der Waals surface area contributed by atoms with Crippen LogP contribution in [0.15, 0.2) is 28.4 Å². The first-order chi connectivity index (χ1) is 14.7. The molecule has 1 amide bonds. The van der Waals surface area contributed by atoms with Crippen LogP contribution in [0, 0.1) is 5.92 Å². The lowest BCUT2D eigenvalue weighted by atomic mass is 9.89.